The Bertz CT molecular complexity index is 794. The number of hydrogen-bond acceptors (Lipinski definition) is 5. The van der Waals surface area contributed by atoms with Gasteiger partial charge in [-0.15, -0.1) is 0 Å². The first-order valence-corrected chi connectivity index (χ1v) is 7.61. The normalized spacial score (nSPS) is 11.4. The maximum absolute atomic E-state index is 13.4. The lowest BCUT2D eigenvalue weighted by atomic mass is 9.99. The van der Waals surface area contributed by atoms with Gasteiger partial charge >= 0.3 is 0 Å². The molecule has 0 radical (unpaired) electrons. The van der Waals surface area contributed by atoms with Gasteiger partial charge in [0.2, 0.25) is 0 Å². The number of rotatable bonds is 7. The molecule has 6 nitrogen and oxygen atoms in total. The fourth-order valence-electron chi connectivity index (χ4n) is 2.27. The summed E-state index contributed by atoms with van der Waals surface area (Å²) in [4.78, 5) is 15.8. The number of carbonyl (C=O) groups is 1. The Morgan fingerprint density at radius 2 is 2.17 bits per heavy atom. The minimum Gasteiger partial charge on any atom is -0.391 e. The number of Topliss-reactive ketones (excluding diaryl/α,β-unsaturated/α-hetero) is 1. The molecule has 0 aliphatic rings. The van der Waals surface area contributed by atoms with Gasteiger partial charge in [-0.25, -0.2) is 4.39 Å². The van der Waals surface area contributed by atoms with Crippen molar-refractivity contribution < 1.29 is 9.18 Å². The highest BCUT2D eigenvalue weighted by Crippen LogP contribution is 2.25. The van der Waals surface area contributed by atoms with Crippen LogP contribution in [0.4, 0.5) is 4.39 Å². The first kappa shape index (κ1) is 17.5. The van der Waals surface area contributed by atoms with E-state index < -0.39 is 5.82 Å². The fraction of sp³-hybridized carbons (Fsp3) is 0.294. The van der Waals surface area contributed by atoms with Gasteiger partial charge in [-0.05, 0) is 32.4 Å². The lowest BCUT2D eigenvalue weighted by Crippen LogP contribution is -2.10. The van der Waals surface area contributed by atoms with Gasteiger partial charge < -0.3 is 10.7 Å². The van der Waals surface area contributed by atoms with Crippen molar-refractivity contribution in [3.05, 3.63) is 47.2 Å². The Morgan fingerprint density at radius 1 is 1.42 bits per heavy atom. The molecule has 2 rings (SSSR count). The van der Waals surface area contributed by atoms with Crippen LogP contribution in [0.3, 0.4) is 0 Å². The van der Waals surface area contributed by atoms with Crippen LogP contribution in [0.25, 0.3) is 11.4 Å². The lowest BCUT2D eigenvalue weighted by molar-refractivity contribution is 0.101. The van der Waals surface area contributed by atoms with E-state index in [1.54, 1.807) is 19.3 Å². The van der Waals surface area contributed by atoms with Gasteiger partial charge in [-0.1, -0.05) is 0 Å². The third-order valence-electron chi connectivity index (χ3n) is 3.52. The summed E-state index contributed by atoms with van der Waals surface area (Å²) in [6.07, 6.45) is 5.01. The Hall–Kier alpha value is -2.83. The molecular formula is C17H20FN5O. The van der Waals surface area contributed by atoms with Crippen molar-refractivity contribution in [3.8, 4) is 11.4 Å². The predicted octanol–water partition coefficient (Wildman–Crippen LogP) is 2.89. The number of nitrogens with one attached hydrogen (secondary N) is 3. The van der Waals surface area contributed by atoms with Gasteiger partial charge in [0.25, 0.3) is 0 Å². The number of halogens is 1. The van der Waals surface area contributed by atoms with E-state index in [0.717, 1.165) is 23.9 Å². The summed E-state index contributed by atoms with van der Waals surface area (Å²) in [6.45, 7) is 5.80. The van der Waals surface area contributed by atoms with E-state index in [-0.39, 0.29) is 11.3 Å². The highest BCUT2D eigenvalue weighted by atomic mass is 19.1. The maximum atomic E-state index is 13.4. The van der Waals surface area contributed by atoms with Crippen LogP contribution in [0.2, 0.25) is 0 Å². The van der Waals surface area contributed by atoms with Crippen LogP contribution in [0, 0.1) is 11.2 Å². The zero-order valence-electron chi connectivity index (χ0n) is 13.9. The second kappa shape index (κ2) is 7.63. The SMILES string of the molecule is CCN/C=C(/Cc1c[nH]nc1-c1ncc(F)cc1C(C)=O)C(C)=N. The summed E-state index contributed by atoms with van der Waals surface area (Å²) in [5.74, 6) is -0.846. The van der Waals surface area contributed by atoms with E-state index in [9.17, 15) is 9.18 Å². The van der Waals surface area contributed by atoms with E-state index in [2.05, 4.69) is 20.5 Å². The monoisotopic (exact) mass is 329 g/mol. The molecule has 2 aromatic rings. The highest BCUT2D eigenvalue weighted by molar-refractivity contribution is 6.00. The summed E-state index contributed by atoms with van der Waals surface area (Å²) in [6, 6.07) is 1.17. The average Bonchev–Trinajstić information content (AvgIpc) is 2.99. The molecule has 0 bridgehead atoms. The van der Waals surface area contributed by atoms with Crippen molar-refractivity contribution in [1.29, 1.82) is 5.41 Å². The van der Waals surface area contributed by atoms with Crippen molar-refractivity contribution in [2.24, 2.45) is 0 Å². The average molecular weight is 329 g/mol. The van der Waals surface area contributed by atoms with Gasteiger partial charge in [-0.2, -0.15) is 5.10 Å². The minimum absolute atomic E-state index is 0.187. The van der Waals surface area contributed by atoms with Crippen LogP contribution >= 0.6 is 0 Å². The van der Waals surface area contributed by atoms with Crippen molar-refractivity contribution in [2.75, 3.05) is 6.54 Å². The second-order valence-electron chi connectivity index (χ2n) is 5.39. The molecule has 0 unspecified atom stereocenters. The second-order valence-corrected chi connectivity index (χ2v) is 5.39. The summed E-state index contributed by atoms with van der Waals surface area (Å²) in [7, 11) is 0. The van der Waals surface area contributed by atoms with Gasteiger partial charge in [0.05, 0.1) is 6.20 Å². The molecule has 0 aromatic carbocycles. The first-order valence-electron chi connectivity index (χ1n) is 7.61. The summed E-state index contributed by atoms with van der Waals surface area (Å²) in [5, 5.41) is 17.9. The Morgan fingerprint density at radius 3 is 2.79 bits per heavy atom. The van der Waals surface area contributed by atoms with E-state index in [4.69, 9.17) is 5.41 Å². The largest absolute Gasteiger partial charge is 0.391 e. The number of allylic oxidation sites excluding steroid dienone is 1. The van der Waals surface area contributed by atoms with Crippen LogP contribution in [0.1, 0.15) is 36.7 Å². The number of nitrogens with zero attached hydrogens (tertiary/aromatic N) is 2. The third kappa shape index (κ3) is 3.92. The number of hydrogen-bond donors (Lipinski definition) is 3. The van der Waals surface area contributed by atoms with Crippen molar-refractivity contribution >= 4 is 11.5 Å². The highest BCUT2D eigenvalue weighted by Gasteiger charge is 2.18. The number of pyridine rings is 1. The molecule has 0 atom stereocenters. The van der Waals surface area contributed by atoms with Crippen LogP contribution < -0.4 is 5.32 Å². The quantitative estimate of drug-likeness (QED) is 0.538. The van der Waals surface area contributed by atoms with E-state index >= 15 is 0 Å². The minimum atomic E-state index is -0.566. The first-order chi connectivity index (χ1) is 11.4. The van der Waals surface area contributed by atoms with Gasteiger partial charge in [0.15, 0.2) is 5.78 Å². The number of carbonyl (C=O) groups excluding carboxylic acids is 1. The molecule has 0 saturated heterocycles. The molecule has 0 spiro atoms. The lowest BCUT2D eigenvalue weighted by Gasteiger charge is -2.09. The number of ketones is 1. The molecule has 0 aliphatic carbocycles. The smallest absolute Gasteiger partial charge is 0.162 e. The van der Waals surface area contributed by atoms with Crippen LogP contribution in [0.5, 0.6) is 0 Å². The molecule has 126 valence electrons. The Balaban J connectivity index is 2.44. The van der Waals surface area contributed by atoms with E-state index in [1.165, 1.54) is 13.0 Å². The van der Waals surface area contributed by atoms with Crippen molar-refractivity contribution in [3.63, 3.8) is 0 Å². The standard InChI is InChI=1S/C17H20FN5O/c1-4-20-7-12(10(2)19)5-13-8-22-23-16(13)17-15(11(3)24)6-14(18)9-21-17/h6-9,19-20H,4-5H2,1-3H3,(H,22,23)/b12-7-,19-10?. The number of aromatic nitrogens is 3. The number of aromatic amines is 1. The molecule has 0 fully saturated rings. The fourth-order valence-corrected chi connectivity index (χ4v) is 2.27. The van der Waals surface area contributed by atoms with Crippen molar-refractivity contribution in [1.82, 2.24) is 20.5 Å². The molecule has 0 saturated carbocycles. The Kier molecular flexibility index (Phi) is 5.57. The van der Waals surface area contributed by atoms with E-state index in [1.807, 2.05) is 6.92 Å². The molecule has 2 heterocycles. The van der Waals surface area contributed by atoms with Crippen LogP contribution in [-0.2, 0) is 6.42 Å². The molecule has 24 heavy (non-hydrogen) atoms. The summed E-state index contributed by atoms with van der Waals surface area (Å²) in [5.41, 5.74) is 3.03. The topological polar surface area (TPSA) is 94.5 Å². The maximum Gasteiger partial charge on any atom is 0.162 e. The van der Waals surface area contributed by atoms with Gasteiger partial charge in [0, 0.05) is 42.2 Å². The predicted molar refractivity (Wildman–Crippen MR) is 90.6 cm³/mol. The van der Waals surface area contributed by atoms with Gasteiger partial charge in [-0.3, -0.25) is 14.9 Å². The van der Waals surface area contributed by atoms with Crippen molar-refractivity contribution in [2.45, 2.75) is 27.2 Å². The molecule has 0 amide bonds. The van der Waals surface area contributed by atoms with Gasteiger partial charge in [0.1, 0.15) is 17.2 Å². The van der Waals surface area contributed by atoms with Crippen LogP contribution in [-0.4, -0.2) is 33.2 Å². The zero-order chi connectivity index (χ0) is 17.7. The number of H-pyrrole nitrogens is 1. The molecular weight excluding hydrogens is 309 g/mol. The summed E-state index contributed by atoms with van der Waals surface area (Å²) >= 11 is 0. The van der Waals surface area contributed by atoms with E-state index in [0.29, 0.717) is 23.5 Å². The van der Waals surface area contributed by atoms with Crippen LogP contribution in [0.15, 0.2) is 30.2 Å². The third-order valence-corrected chi connectivity index (χ3v) is 3.52. The molecule has 2 aromatic heterocycles. The Labute approximate surface area is 139 Å². The molecule has 7 heteroatoms. The molecule has 3 N–H and O–H groups in total. The summed E-state index contributed by atoms with van der Waals surface area (Å²) < 4.78 is 13.4. The zero-order valence-corrected chi connectivity index (χ0v) is 13.9. The molecule has 0 aliphatic heterocycles.